The molecule has 1 amide bonds. The number of nitrogens with one attached hydrogen (secondary N) is 1. The minimum absolute atomic E-state index is 0.0430. The number of halogens is 3. The standard InChI is InChI=1S/C15H18F3N3O3/c16-10-9-11(17)15(21(23)24)14(13(10)18)19-6-4-8-20-7-3-1-2-5-12(20)22/h9,19H,1-8H2. The van der Waals surface area contributed by atoms with Gasteiger partial charge in [0.05, 0.1) is 4.92 Å². The van der Waals surface area contributed by atoms with Crippen LogP contribution in [0.1, 0.15) is 32.1 Å². The van der Waals surface area contributed by atoms with E-state index in [0.717, 1.165) is 19.3 Å². The number of carbonyl (C=O) groups is 1. The molecule has 0 spiro atoms. The average Bonchev–Trinajstić information content (AvgIpc) is 2.72. The van der Waals surface area contributed by atoms with Crippen LogP contribution in [0.25, 0.3) is 0 Å². The first-order valence-corrected chi connectivity index (χ1v) is 7.75. The monoisotopic (exact) mass is 345 g/mol. The maximum absolute atomic E-state index is 13.7. The molecule has 1 saturated heterocycles. The number of benzene rings is 1. The number of hydrogen-bond donors (Lipinski definition) is 1. The normalized spacial score (nSPS) is 15.3. The molecule has 1 aromatic carbocycles. The van der Waals surface area contributed by atoms with Gasteiger partial charge in [-0.1, -0.05) is 6.42 Å². The lowest BCUT2D eigenvalue weighted by molar-refractivity contribution is -0.386. The zero-order valence-corrected chi connectivity index (χ0v) is 13.0. The van der Waals surface area contributed by atoms with Gasteiger partial charge < -0.3 is 10.2 Å². The summed E-state index contributed by atoms with van der Waals surface area (Å²) in [6.07, 6.45) is 3.62. The molecule has 0 aromatic heterocycles. The quantitative estimate of drug-likeness (QED) is 0.372. The third-order valence-corrected chi connectivity index (χ3v) is 3.91. The Labute approximate surface area is 136 Å². The van der Waals surface area contributed by atoms with Crippen molar-refractivity contribution in [3.8, 4) is 0 Å². The van der Waals surface area contributed by atoms with Gasteiger partial charge in [0, 0.05) is 32.1 Å². The maximum atomic E-state index is 13.7. The molecule has 0 bridgehead atoms. The predicted molar refractivity (Wildman–Crippen MR) is 81.1 cm³/mol. The molecule has 0 saturated carbocycles. The van der Waals surface area contributed by atoms with Gasteiger partial charge in [-0.3, -0.25) is 14.9 Å². The van der Waals surface area contributed by atoms with Gasteiger partial charge in [0.15, 0.2) is 17.3 Å². The van der Waals surface area contributed by atoms with Gasteiger partial charge in [-0.15, -0.1) is 0 Å². The average molecular weight is 345 g/mol. The Morgan fingerprint density at radius 2 is 1.96 bits per heavy atom. The van der Waals surface area contributed by atoms with Crippen LogP contribution in [0.2, 0.25) is 0 Å². The summed E-state index contributed by atoms with van der Waals surface area (Å²) in [5.74, 6) is -4.39. The Morgan fingerprint density at radius 3 is 2.67 bits per heavy atom. The van der Waals surface area contributed by atoms with Gasteiger partial charge in [0.1, 0.15) is 0 Å². The number of hydrogen-bond acceptors (Lipinski definition) is 4. The van der Waals surface area contributed by atoms with Crippen LogP contribution in [0, 0.1) is 27.6 Å². The molecule has 1 aliphatic heterocycles. The van der Waals surface area contributed by atoms with E-state index in [9.17, 15) is 28.1 Å². The van der Waals surface area contributed by atoms with Crippen LogP contribution in [0.5, 0.6) is 0 Å². The molecule has 1 heterocycles. The van der Waals surface area contributed by atoms with E-state index in [0.29, 0.717) is 25.9 Å². The van der Waals surface area contributed by atoms with E-state index in [1.165, 1.54) is 0 Å². The third kappa shape index (κ3) is 4.15. The number of amides is 1. The van der Waals surface area contributed by atoms with Gasteiger partial charge >= 0.3 is 5.69 Å². The van der Waals surface area contributed by atoms with E-state index >= 15 is 0 Å². The first kappa shape index (κ1) is 18.0. The van der Waals surface area contributed by atoms with E-state index < -0.39 is 33.7 Å². The number of likely N-dealkylation sites (tertiary alicyclic amines) is 1. The topological polar surface area (TPSA) is 75.5 Å². The van der Waals surface area contributed by atoms with E-state index in [4.69, 9.17) is 0 Å². The molecule has 6 nitrogen and oxygen atoms in total. The van der Waals surface area contributed by atoms with Crippen molar-refractivity contribution in [3.05, 3.63) is 33.6 Å². The van der Waals surface area contributed by atoms with Crippen molar-refractivity contribution >= 4 is 17.3 Å². The molecule has 1 N–H and O–H groups in total. The fraction of sp³-hybridized carbons (Fsp3) is 0.533. The highest BCUT2D eigenvalue weighted by Crippen LogP contribution is 2.32. The van der Waals surface area contributed by atoms with Crippen LogP contribution in [0.4, 0.5) is 24.5 Å². The SMILES string of the molecule is O=C1CCCCCN1CCCNc1c(F)c(F)cc(F)c1[N+](=O)[O-]. The summed E-state index contributed by atoms with van der Waals surface area (Å²) in [6, 6.07) is 0.147. The molecule has 1 fully saturated rings. The second kappa shape index (κ2) is 7.98. The molecule has 1 aliphatic rings. The van der Waals surface area contributed by atoms with Crippen molar-refractivity contribution in [2.75, 3.05) is 25.0 Å². The van der Waals surface area contributed by atoms with Crippen molar-refractivity contribution in [1.82, 2.24) is 4.90 Å². The molecule has 9 heteroatoms. The number of nitro benzene ring substituents is 1. The second-order valence-electron chi connectivity index (χ2n) is 5.61. The maximum Gasteiger partial charge on any atom is 0.330 e. The third-order valence-electron chi connectivity index (χ3n) is 3.91. The van der Waals surface area contributed by atoms with Crippen molar-refractivity contribution in [2.24, 2.45) is 0 Å². The summed E-state index contributed by atoms with van der Waals surface area (Å²) < 4.78 is 40.5. The number of nitro groups is 1. The molecule has 0 radical (unpaired) electrons. The summed E-state index contributed by atoms with van der Waals surface area (Å²) in [6.45, 7) is 1.09. The van der Waals surface area contributed by atoms with Crippen LogP contribution in [-0.4, -0.2) is 35.4 Å². The summed E-state index contributed by atoms with van der Waals surface area (Å²) in [5.41, 5.74) is -1.93. The van der Waals surface area contributed by atoms with Gasteiger partial charge in [-0.05, 0) is 19.3 Å². The highest BCUT2D eigenvalue weighted by atomic mass is 19.2. The van der Waals surface area contributed by atoms with Crippen LogP contribution >= 0.6 is 0 Å². The molecule has 24 heavy (non-hydrogen) atoms. The summed E-state index contributed by atoms with van der Waals surface area (Å²) in [4.78, 5) is 23.3. The molecule has 132 valence electrons. The zero-order valence-electron chi connectivity index (χ0n) is 13.0. The molecule has 1 aromatic rings. The van der Waals surface area contributed by atoms with E-state index in [1.807, 2.05) is 0 Å². The van der Waals surface area contributed by atoms with Crippen LogP contribution in [0.15, 0.2) is 6.07 Å². The molecule has 0 unspecified atom stereocenters. The lowest BCUT2D eigenvalue weighted by Gasteiger charge is -2.20. The van der Waals surface area contributed by atoms with E-state index in [2.05, 4.69) is 5.32 Å². The fourth-order valence-electron chi connectivity index (χ4n) is 2.68. The van der Waals surface area contributed by atoms with Crippen LogP contribution < -0.4 is 5.32 Å². The first-order valence-electron chi connectivity index (χ1n) is 7.75. The Kier molecular flexibility index (Phi) is 5.99. The van der Waals surface area contributed by atoms with Crippen molar-refractivity contribution in [3.63, 3.8) is 0 Å². The summed E-state index contributed by atoms with van der Waals surface area (Å²) in [5, 5.41) is 13.2. The zero-order chi connectivity index (χ0) is 17.7. The lowest BCUT2D eigenvalue weighted by atomic mass is 10.2. The van der Waals surface area contributed by atoms with Crippen molar-refractivity contribution < 1.29 is 22.9 Å². The van der Waals surface area contributed by atoms with Crippen molar-refractivity contribution in [2.45, 2.75) is 32.1 Å². The Hall–Kier alpha value is -2.32. The number of nitrogens with zero attached hydrogens (tertiary/aromatic N) is 2. The molecular weight excluding hydrogens is 327 g/mol. The largest absolute Gasteiger partial charge is 0.377 e. The molecule has 2 rings (SSSR count). The fourth-order valence-corrected chi connectivity index (χ4v) is 2.68. The minimum Gasteiger partial charge on any atom is -0.377 e. The van der Waals surface area contributed by atoms with E-state index in [-0.39, 0.29) is 18.5 Å². The summed E-state index contributed by atoms with van der Waals surface area (Å²) in [7, 11) is 0. The van der Waals surface area contributed by atoms with Gasteiger partial charge in [-0.2, -0.15) is 4.39 Å². The Bertz CT molecular complexity index is 640. The molecule has 0 aliphatic carbocycles. The highest BCUT2D eigenvalue weighted by molar-refractivity contribution is 5.76. The lowest BCUT2D eigenvalue weighted by Crippen LogP contribution is -2.32. The predicted octanol–water partition coefficient (Wildman–Crippen LogP) is 3.22. The van der Waals surface area contributed by atoms with Crippen LogP contribution in [0.3, 0.4) is 0 Å². The number of carbonyl (C=O) groups excluding carboxylic acids is 1. The number of anilines is 1. The molecule has 0 atom stereocenters. The van der Waals surface area contributed by atoms with E-state index in [1.54, 1.807) is 4.90 Å². The summed E-state index contributed by atoms with van der Waals surface area (Å²) >= 11 is 0. The Balaban J connectivity index is 1.99. The Morgan fingerprint density at radius 1 is 1.21 bits per heavy atom. The molecular formula is C15H18F3N3O3. The minimum atomic E-state index is -1.50. The van der Waals surface area contributed by atoms with Crippen LogP contribution in [-0.2, 0) is 4.79 Å². The highest BCUT2D eigenvalue weighted by Gasteiger charge is 2.27. The number of rotatable bonds is 6. The van der Waals surface area contributed by atoms with Gasteiger partial charge in [0.2, 0.25) is 11.7 Å². The van der Waals surface area contributed by atoms with Crippen molar-refractivity contribution in [1.29, 1.82) is 0 Å². The van der Waals surface area contributed by atoms with Gasteiger partial charge in [-0.25, -0.2) is 8.78 Å². The van der Waals surface area contributed by atoms with Gasteiger partial charge in [0.25, 0.3) is 0 Å². The smallest absolute Gasteiger partial charge is 0.330 e. The first-order chi connectivity index (χ1) is 11.4. The second-order valence-corrected chi connectivity index (χ2v) is 5.61.